The summed E-state index contributed by atoms with van der Waals surface area (Å²) in [6, 6.07) is 8.03. The van der Waals surface area contributed by atoms with E-state index in [-0.39, 0.29) is 17.7 Å². The van der Waals surface area contributed by atoms with Crippen LogP contribution in [0.4, 0.5) is 0 Å². The van der Waals surface area contributed by atoms with Gasteiger partial charge in [-0.1, -0.05) is 12.1 Å². The lowest BCUT2D eigenvalue weighted by atomic mass is 10.0. The molecule has 1 aromatic carbocycles. The zero-order valence-electron chi connectivity index (χ0n) is 13.0. The molecule has 1 aromatic heterocycles. The standard InChI is InChI=1S/C17H17NO6/c1-10-7-14(20)16(17(23)18-10)13(19)6-5-11-3-2-4-12(8-11)24-9-15(21)22/h2-4,7-8H,5-6,9H2,1H3,(H,21,22)(H2,18,20,23). The Bertz CT molecular complexity index is 824. The maximum Gasteiger partial charge on any atom is 0.341 e. The Balaban J connectivity index is 2.06. The average molecular weight is 331 g/mol. The van der Waals surface area contributed by atoms with Crippen LogP contribution in [0.5, 0.6) is 11.5 Å². The van der Waals surface area contributed by atoms with Gasteiger partial charge in [-0.25, -0.2) is 4.79 Å². The number of carboxylic acid groups (broad SMARTS) is 1. The van der Waals surface area contributed by atoms with Crippen LogP contribution in [0.25, 0.3) is 0 Å². The molecule has 0 unspecified atom stereocenters. The van der Waals surface area contributed by atoms with Crippen LogP contribution >= 0.6 is 0 Å². The van der Waals surface area contributed by atoms with Gasteiger partial charge < -0.3 is 19.9 Å². The predicted molar refractivity (Wildman–Crippen MR) is 85.7 cm³/mol. The van der Waals surface area contributed by atoms with Crippen LogP contribution in [0.15, 0.2) is 35.1 Å². The highest BCUT2D eigenvalue weighted by Gasteiger charge is 2.16. The van der Waals surface area contributed by atoms with Gasteiger partial charge in [0, 0.05) is 12.1 Å². The van der Waals surface area contributed by atoms with Crippen molar-refractivity contribution in [2.24, 2.45) is 0 Å². The number of carbonyl (C=O) groups excluding carboxylic acids is 1. The molecule has 0 radical (unpaired) electrons. The van der Waals surface area contributed by atoms with Crippen LogP contribution in [0.1, 0.15) is 28.0 Å². The third kappa shape index (κ3) is 4.45. The number of aromatic hydroxyl groups is 1. The van der Waals surface area contributed by atoms with Crippen LogP contribution in [-0.4, -0.2) is 33.6 Å². The first kappa shape index (κ1) is 17.3. The lowest BCUT2D eigenvalue weighted by Gasteiger charge is -2.07. The Kier molecular flexibility index (Phi) is 5.36. The third-order valence-corrected chi connectivity index (χ3v) is 3.33. The summed E-state index contributed by atoms with van der Waals surface area (Å²) in [4.78, 5) is 37.0. The molecule has 0 aliphatic rings. The number of Topliss-reactive ketones (excluding diaryl/α,β-unsaturated/α-hetero) is 1. The summed E-state index contributed by atoms with van der Waals surface area (Å²) in [6.07, 6.45) is 0.359. The third-order valence-electron chi connectivity index (χ3n) is 3.33. The number of benzene rings is 1. The minimum atomic E-state index is -1.08. The number of aryl methyl sites for hydroxylation is 2. The van der Waals surface area contributed by atoms with E-state index in [0.29, 0.717) is 17.9 Å². The summed E-state index contributed by atoms with van der Waals surface area (Å²) in [6.45, 7) is 1.16. The average Bonchev–Trinajstić information content (AvgIpc) is 2.50. The maximum absolute atomic E-state index is 12.2. The van der Waals surface area contributed by atoms with Crippen LogP contribution in [-0.2, 0) is 11.2 Å². The molecule has 0 aliphatic carbocycles. The second kappa shape index (κ2) is 7.45. The Labute approximate surface area is 137 Å². The molecular weight excluding hydrogens is 314 g/mol. The number of aromatic amines is 1. The molecule has 0 bridgehead atoms. The first-order valence-electron chi connectivity index (χ1n) is 7.26. The quantitative estimate of drug-likeness (QED) is 0.664. The largest absolute Gasteiger partial charge is 0.507 e. The van der Waals surface area contributed by atoms with E-state index in [1.807, 2.05) is 0 Å². The highest BCUT2D eigenvalue weighted by atomic mass is 16.5. The van der Waals surface area contributed by atoms with Crippen molar-refractivity contribution in [2.75, 3.05) is 6.61 Å². The molecule has 3 N–H and O–H groups in total. The number of aromatic nitrogens is 1. The SMILES string of the molecule is Cc1cc(O)c(C(=O)CCc2cccc(OCC(=O)O)c2)c(=O)[nH]1. The van der Waals surface area contributed by atoms with E-state index in [1.165, 1.54) is 6.07 Å². The number of ether oxygens (including phenoxy) is 1. The summed E-state index contributed by atoms with van der Waals surface area (Å²) >= 11 is 0. The van der Waals surface area contributed by atoms with Crippen molar-refractivity contribution >= 4 is 11.8 Å². The van der Waals surface area contributed by atoms with E-state index in [2.05, 4.69) is 4.98 Å². The Hall–Kier alpha value is -3.09. The van der Waals surface area contributed by atoms with Crippen molar-refractivity contribution in [3.05, 3.63) is 57.5 Å². The van der Waals surface area contributed by atoms with Crippen LogP contribution in [0, 0.1) is 6.92 Å². The van der Waals surface area contributed by atoms with Gasteiger partial charge in [-0.2, -0.15) is 0 Å². The van der Waals surface area contributed by atoms with Gasteiger partial charge in [0.15, 0.2) is 12.4 Å². The van der Waals surface area contributed by atoms with Crippen LogP contribution < -0.4 is 10.3 Å². The van der Waals surface area contributed by atoms with E-state index in [0.717, 1.165) is 5.56 Å². The lowest BCUT2D eigenvalue weighted by molar-refractivity contribution is -0.139. The zero-order chi connectivity index (χ0) is 17.7. The number of hydrogen-bond acceptors (Lipinski definition) is 5. The van der Waals surface area contributed by atoms with E-state index < -0.39 is 23.9 Å². The Morgan fingerprint density at radius 1 is 1.25 bits per heavy atom. The van der Waals surface area contributed by atoms with Crippen molar-refractivity contribution in [1.29, 1.82) is 0 Å². The van der Waals surface area contributed by atoms with Crippen molar-refractivity contribution in [3.63, 3.8) is 0 Å². The first-order valence-corrected chi connectivity index (χ1v) is 7.26. The molecule has 7 heteroatoms. The van der Waals surface area contributed by atoms with Crippen molar-refractivity contribution in [3.8, 4) is 11.5 Å². The fourth-order valence-corrected chi connectivity index (χ4v) is 2.26. The van der Waals surface area contributed by atoms with Gasteiger partial charge in [-0.05, 0) is 37.1 Å². The monoisotopic (exact) mass is 331 g/mol. The molecule has 2 rings (SSSR count). The van der Waals surface area contributed by atoms with Gasteiger partial charge in [0.1, 0.15) is 17.1 Å². The summed E-state index contributed by atoms with van der Waals surface area (Å²) in [5.74, 6) is -1.49. The van der Waals surface area contributed by atoms with E-state index >= 15 is 0 Å². The van der Waals surface area contributed by atoms with Crippen molar-refractivity contribution in [1.82, 2.24) is 4.98 Å². The summed E-state index contributed by atoms with van der Waals surface area (Å²) in [5, 5.41) is 18.4. The smallest absolute Gasteiger partial charge is 0.341 e. The maximum atomic E-state index is 12.2. The summed E-state index contributed by atoms with van der Waals surface area (Å²) in [7, 11) is 0. The zero-order valence-corrected chi connectivity index (χ0v) is 13.0. The van der Waals surface area contributed by atoms with E-state index in [9.17, 15) is 19.5 Å². The molecule has 0 saturated heterocycles. The molecule has 126 valence electrons. The highest BCUT2D eigenvalue weighted by Crippen LogP contribution is 2.18. The minimum absolute atomic E-state index is 0.0298. The molecule has 0 spiro atoms. The highest BCUT2D eigenvalue weighted by molar-refractivity contribution is 5.98. The van der Waals surface area contributed by atoms with Crippen LogP contribution in [0.3, 0.4) is 0 Å². The Morgan fingerprint density at radius 2 is 2.00 bits per heavy atom. The number of pyridine rings is 1. The second-order valence-electron chi connectivity index (χ2n) is 5.29. The van der Waals surface area contributed by atoms with Gasteiger partial charge in [-0.15, -0.1) is 0 Å². The summed E-state index contributed by atoms with van der Waals surface area (Å²) in [5.41, 5.74) is 0.363. The number of nitrogens with one attached hydrogen (secondary N) is 1. The van der Waals surface area contributed by atoms with Crippen molar-refractivity contribution < 1.29 is 24.5 Å². The molecule has 24 heavy (non-hydrogen) atoms. The molecule has 0 saturated carbocycles. The molecule has 0 amide bonds. The number of H-pyrrole nitrogens is 1. The number of rotatable bonds is 7. The summed E-state index contributed by atoms with van der Waals surface area (Å²) < 4.78 is 5.07. The number of hydrogen-bond donors (Lipinski definition) is 3. The molecule has 0 aliphatic heterocycles. The number of ketones is 1. The number of carbonyl (C=O) groups is 2. The molecule has 0 atom stereocenters. The van der Waals surface area contributed by atoms with Gasteiger partial charge in [0.2, 0.25) is 0 Å². The Morgan fingerprint density at radius 3 is 2.67 bits per heavy atom. The minimum Gasteiger partial charge on any atom is -0.507 e. The van der Waals surface area contributed by atoms with Gasteiger partial charge >= 0.3 is 5.97 Å². The lowest BCUT2D eigenvalue weighted by Crippen LogP contribution is -2.19. The van der Waals surface area contributed by atoms with E-state index in [1.54, 1.807) is 31.2 Å². The topological polar surface area (TPSA) is 117 Å². The van der Waals surface area contributed by atoms with Crippen molar-refractivity contribution in [2.45, 2.75) is 19.8 Å². The van der Waals surface area contributed by atoms with Gasteiger partial charge in [0.25, 0.3) is 5.56 Å². The molecule has 0 fully saturated rings. The molecule has 2 aromatic rings. The molecule has 1 heterocycles. The number of aliphatic carboxylic acids is 1. The normalized spacial score (nSPS) is 10.4. The number of carboxylic acids is 1. The van der Waals surface area contributed by atoms with Crippen LogP contribution in [0.2, 0.25) is 0 Å². The van der Waals surface area contributed by atoms with Gasteiger partial charge in [0.05, 0.1) is 0 Å². The second-order valence-corrected chi connectivity index (χ2v) is 5.29. The van der Waals surface area contributed by atoms with Gasteiger partial charge in [-0.3, -0.25) is 9.59 Å². The molecule has 7 nitrogen and oxygen atoms in total. The van der Waals surface area contributed by atoms with E-state index in [4.69, 9.17) is 9.84 Å². The first-order chi connectivity index (χ1) is 11.4. The fourth-order valence-electron chi connectivity index (χ4n) is 2.26. The predicted octanol–water partition coefficient (Wildman–Crippen LogP) is 1.67. The fraction of sp³-hybridized carbons (Fsp3) is 0.235. The molecular formula is C17H17NO6.